The number of carbonyl (C=O) groups is 1. The first-order valence-electron chi connectivity index (χ1n) is 8.31. The number of aromatic amines is 1. The second kappa shape index (κ2) is 8.76. The molecule has 0 fully saturated rings. The van der Waals surface area contributed by atoms with E-state index < -0.39 is 23.6 Å². The normalized spacial score (nSPS) is 11.2. The lowest BCUT2D eigenvalue weighted by molar-refractivity contribution is -0.274. The van der Waals surface area contributed by atoms with E-state index in [1.54, 1.807) is 30.3 Å². The van der Waals surface area contributed by atoms with Crippen LogP contribution in [0.2, 0.25) is 10.0 Å². The first-order valence-corrected chi connectivity index (χ1v) is 9.06. The van der Waals surface area contributed by atoms with Crippen LogP contribution in [0.3, 0.4) is 0 Å². The van der Waals surface area contributed by atoms with E-state index in [-0.39, 0.29) is 33.7 Å². The fourth-order valence-corrected chi connectivity index (χ4v) is 3.11. The van der Waals surface area contributed by atoms with Gasteiger partial charge in [0.1, 0.15) is 17.3 Å². The van der Waals surface area contributed by atoms with Gasteiger partial charge in [-0.3, -0.25) is 9.59 Å². The van der Waals surface area contributed by atoms with E-state index in [1.807, 2.05) is 0 Å². The molecule has 1 amide bonds. The van der Waals surface area contributed by atoms with Crippen molar-refractivity contribution in [1.82, 2.24) is 15.3 Å². The molecule has 0 saturated heterocycles. The molecule has 1 heterocycles. The van der Waals surface area contributed by atoms with E-state index in [1.165, 1.54) is 0 Å². The summed E-state index contributed by atoms with van der Waals surface area (Å²) in [6, 6.07) is 11.6. The molecule has 3 aromatic rings. The molecule has 3 rings (SSSR count). The van der Waals surface area contributed by atoms with Crippen molar-refractivity contribution >= 4 is 29.1 Å². The minimum Gasteiger partial charge on any atom is -0.406 e. The molecule has 0 spiro atoms. The lowest BCUT2D eigenvalue weighted by Gasteiger charge is -2.13. The van der Waals surface area contributed by atoms with E-state index in [9.17, 15) is 22.8 Å². The molecule has 30 heavy (non-hydrogen) atoms. The summed E-state index contributed by atoms with van der Waals surface area (Å²) in [7, 11) is 0. The number of hydrogen-bond donors (Lipinski definition) is 2. The highest BCUT2D eigenvalue weighted by Gasteiger charge is 2.31. The third-order valence-corrected chi connectivity index (χ3v) is 4.47. The highest BCUT2D eigenvalue weighted by molar-refractivity contribution is 6.36. The zero-order chi connectivity index (χ0) is 21.9. The zero-order valence-corrected chi connectivity index (χ0v) is 16.4. The minimum absolute atomic E-state index is 0.133. The van der Waals surface area contributed by atoms with Gasteiger partial charge >= 0.3 is 6.36 Å². The van der Waals surface area contributed by atoms with E-state index in [4.69, 9.17) is 23.2 Å². The number of halogens is 5. The monoisotopic (exact) mass is 457 g/mol. The maximum Gasteiger partial charge on any atom is 0.573 e. The van der Waals surface area contributed by atoms with Crippen molar-refractivity contribution in [3.8, 4) is 17.1 Å². The number of H-pyrrole nitrogens is 1. The molecular weight excluding hydrogens is 446 g/mol. The second-order valence-electron chi connectivity index (χ2n) is 5.94. The molecule has 0 radical (unpaired) electrons. The summed E-state index contributed by atoms with van der Waals surface area (Å²) in [6.45, 7) is -0.210. The quantitative estimate of drug-likeness (QED) is 0.587. The summed E-state index contributed by atoms with van der Waals surface area (Å²) < 4.78 is 40.8. The fourth-order valence-electron chi connectivity index (χ4n) is 2.51. The Labute approximate surface area is 177 Å². The molecule has 0 aliphatic heterocycles. The van der Waals surface area contributed by atoms with Crippen molar-refractivity contribution in [3.05, 3.63) is 80.2 Å². The highest BCUT2D eigenvalue weighted by Crippen LogP contribution is 2.33. The molecule has 2 aromatic carbocycles. The number of alkyl halides is 3. The Morgan fingerprint density at radius 3 is 2.33 bits per heavy atom. The largest absolute Gasteiger partial charge is 0.573 e. The maximum absolute atomic E-state index is 12.4. The third-order valence-electron chi connectivity index (χ3n) is 3.80. The Morgan fingerprint density at radius 2 is 1.73 bits per heavy atom. The first-order chi connectivity index (χ1) is 14.1. The Morgan fingerprint density at radius 1 is 1.10 bits per heavy atom. The first kappa shape index (κ1) is 21.7. The van der Waals surface area contributed by atoms with Crippen LogP contribution in [0.15, 0.2) is 53.3 Å². The van der Waals surface area contributed by atoms with Crippen LogP contribution < -0.4 is 15.6 Å². The van der Waals surface area contributed by atoms with E-state index in [0.29, 0.717) is 5.56 Å². The number of hydrogen-bond acceptors (Lipinski definition) is 4. The van der Waals surface area contributed by atoms with Gasteiger partial charge in [0.2, 0.25) is 0 Å². The number of rotatable bonds is 5. The molecule has 1 aromatic heterocycles. The van der Waals surface area contributed by atoms with Gasteiger partial charge < -0.3 is 15.0 Å². The molecule has 0 bridgehead atoms. The smallest absolute Gasteiger partial charge is 0.406 e. The lowest BCUT2D eigenvalue weighted by Crippen LogP contribution is -2.26. The summed E-state index contributed by atoms with van der Waals surface area (Å²) >= 11 is 11.9. The van der Waals surface area contributed by atoms with Gasteiger partial charge in [-0.1, -0.05) is 53.5 Å². The molecule has 0 aliphatic carbocycles. The van der Waals surface area contributed by atoms with Gasteiger partial charge in [-0.2, -0.15) is 0 Å². The highest BCUT2D eigenvalue weighted by atomic mass is 35.5. The van der Waals surface area contributed by atoms with Crippen LogP contribution >= 0.6 is 23.2 Å². The van der Waals surface area contributed by atoms with Crippen LogP contribution in [0.5, 0.6) is 5.75 Å². The molecular formula is C19H12Cl2F3N3O3. The van der Waals surface area contributed by atoms with Crippen molar-refractivity contribution in [2.24, 2.45) is 0 Å². The van der Waals surface area contributed by atoms with Gasteiger partial charge in [0.05, 0.1) is 10.0 Å². The summed E-state index contributed by atoms with van der Waals surface area (Å²) in [5.74, 6) is -1.07. The number of nitrogens with zero attached hydrogens (tertiary/aromatic N) is 1. The van der Waals surface area contributed by atoms with Crippen LogP contribution in [0.4, 0.5) is 13.2 Å². The second-order valence-corrected chi connectivity index (χ2v) is 6.76. The van der Waals surface area contributed by atoms with Crippen LogP contribution in [0.1, 0.15) is 16.1 Å². The molecule has 0 aliphatic rings. The van der Waals surface area contributed by atoms with E-state index in [2.05, 4.69) is 20.0 Å². The predicted molar refractivity (Wildman–Crippen MR) is 105 cm³/mol. The van der Waals surface area contributed by atoms with Gasteiger partial charge in [-0.25, -0.2) is 4.98 Å². The molecule has 156 valence electrons. The summed E-state index contributed by atoms with van der Waals surface area (Å²) in [6.07, 6.45) is -4.90. The van der Waals surface area contributed by atoms with Gasteiger partial charge in [0.25, 0.3) is 11.5 Å². The Bertz CT molecular complexity index is 1110. The third kappa shape index (κ3) is 5.52. The molecule has 0 saturated carbocycles. The van der Waals surface area contributed by atoms with Gasteiger partial charge in [-0.15, -0.1) is 13.2 Å². The van der Waals surface area contributed by atoms with Crippen LogP contribution in [-0.4, -0.2) is 22.2 Å². The Balaban J connectivity index is 1.78. The van der Waals surface area contributed by atoms with Crippen molar-refractivity contribution < 1.29 is 22.7 Å². The van der Waals surface area contributed by atoms with Crippen molar-refractivity contribution in [2.45, 2.75) is 12.9 Å². The molecule has 0 unspecified atom stereocenters. The number of benzene rings is 2. The van der Waals surface area contributed by atoms with Crippen molar-refractivity contribution in [3.63, 3.8) is 0 Å². The Kier molecular flexibility index (Phi) is 6.33. The molecule has 0 atom stereocenters. The standard InChI is InChI=1S/C19H12Cl2F3N3O3/c20-13-6-11(30-19(22,23)24)7-14(21)12(13)9-25-18(29)15-8-16(28)27-17(26-15)10-4-2-1-3-5-10/h1-8H,9H2,(H,25,29)(H,26,27,28). The van der Waals surface area contributed by atoms with Gasteiger partial charge in [0.15, 0.2) is 0 Å². The predicted octanol–water partition coefficient (Wildman–Crippen LogP) is 4.57. The summed E-state index contributed by atoms with van der Waals surface area (Å²) in [5, 5.41) is 2.22. The minimum atomic E-state index is -4.90. The van der Waals surface area contributed by atoms with Gasteiger partial charge in [0, 0.05) is 23.7 Å². The van der Waals surface area contributed by atoms with Crippen LogP contribution in [-0.2, 0) is 6.54 Å². The number of aromatic nitrogens is 2. The Hall–Kier alpha value is -3.04. The van der Waals surface area contributed by atoms with Crippen molar-refractivity contribution in [1.29, 1.82) is 0 Å². The van der Waals surface area contributed by atoms with Crippen LogP contribution in [0, 0.1) is 0 Å². The lowest BCUT2D eigenvalue weighted by atomic mass is 10.2. The molecule has 11 heteroatoms. The molecule has 2 N–H and O–H groups in total. The summed E-state index contributed by atoms with van der Waals surface area (Å²) in [4.78, 5) is 31.0. The fraction of sp³-hybridized carbons (Fsp3) is 0.105. The average molecular weight is 458 g/mol. The molecule has 6 nitrogen and oxygen atoms in total. The van der Waals surface area contributed by atoms with E-state index >= 15 is 0 Å². The zero-order valence-electron chi connectivity index (χ0n) is 14.9. The number of nitrogens with one attached hydrogen (secondary N) is 2. The topological polar surface area (TPSA) is 84.1 Å². The summed E-state index contributed by atoms with van der Waals surface area (Å²) in [5.41, 5.74) is 0.102. The number of carbonyl (C=O) groups excluding carboxylic acids is 1. The van der Waals surface area contributed by atoms with Crippen LogP contribution in [0.25, 0.3) is 11.4 Å². The SMILES string of the molecule is O=C(NCc1c(Cl)cc(OC(F)(F)F)cc1Cl)c1cc(=O)[nH]c(-c2ccccc2)n1. The van der Waals surface area contributed by atoms with E-state index in [0.717, 1.165) is 18.2 Å². The average Bonchev–Trinajstić information content (AvgIpc) is 2.66. The maximum atomic E-state index is 12.4. The number of amides is 1. The van der Waals surface area contributed by atoms with Crippen molar-refractivity contribution in [2.75, 3.05) is 0 Å². The van der Waals surface area contributed by atoms with Gasteiger partial charge in [-0.05, 0) is 12.1 Å². The number of ether oxygens (including phenoxy) is 1.